The Morgan fingerprint density at radius 1 is 1.40 bits per heavy atom. The second-order valence-corrected chi connectivity index (χ2v) is 7.95. The molecule has 2 aromatic rings. The molecular formula is C18H24N4O3. The van der Waals surface area contributed by atoms with Gasteiger partial charge in [-0.2, -0.15) is 5.10 Å². The quantitative estimate of drug-likeness (QED) is 0.734. The van der Waals surface area contributed by atoms with Gasteiger partial charge < -0.3 is 14.2 Å². The lowest BCUT2D eigenvalue weighted by molar-refractivity contribution is 0.0138. The molecule has 0 N–H and O–H groups in total. The van der Waals surface area contributed by atoms with Crippen molar-refractivity contribution in [2.24, 2.45) is 0 Å². The van der Waals surface area contributed by atoms with E-state index < -0.39 is 5.60 Å². The Hall–Kier alpha value is -2.31. The first-order valence-electron chi connectivity index (χ1n) is 8.85. The minimum Gasteiger partial charge on any atom is -0.444 e. The van der Waals surface area contributed by atoms with Crippen LogP contribution in [0.3, 0.4) is 0 Å². The van der Waals surface area contributed by atoms with Crippen molar-refractivity contribution in [3.8, 4) is 11.4 Å². The Morgan fingerprint density at radius 2 is 2.20 bits per heavy atom. The fourth-order valence-corrected chi connectivity index (χ4v) is 3.64. The van der Waals surface area contributed by atoms with Gasteiger partial charge in [0.05, 0.1) is 17.9 Å². The number of carbonyl (C=O) groups excluding carboxylic acids is 1. The van der Waals surface area contributed by atoms with Crippen LogP contribution in [0.4, 0.5) is 4.79 Å². The predicted octanol–water partition coefficient (Wildman–Crippen LogP) is 3.17. The monoisotopic (exact) mass is 344 g/mol. The fourth-order valence-electron chi connectivity index (χ4n) is 3.64. The maximum Gasteiger partial charge on any atom is 0.410 e. The summed E-state index contributed by atoms with van der Waals surface area (Å²) in [7, 11) is 0. The first-order valence-corrected chi connectivity index (χ1v) is 8.85. The van der Waals surface area contributed by atoms with Gasteiger partial charge in [-0.05, 0) is 40.5 Å². The van der Waals surface area contributed by atoms with Crippen LogP contribution in [0.1, 0.15) is 50.9 Å². The highest BCUT2D eigenvalue weighted by Gasteiger charge is 2.36. The molecular weight excluding hydrogens is 320 g/mol. The molecule has 7 heteroatoms. The number of rotatable bonds is 0. The molecule has 0 aromatic carbocycles. The zero-order valence-electron chi connectivity index (χ0n) is 15.2. The Kier molecular flexibility index (Phi) is 3.63. The van der Waals surface area contributed by atoms with E-state index in [1.165, 1.54) is 0 Å². The van der Waals surface area contributed by atoms with Crippen LogP contribution < -0.4 is 0 Å². The molecule has 2 aliphatic rings. The van der Waals surface area contributed by atoms with E-state index in [1.807, 2.05) is 32.4 Å². The van der Waals surface area contributed by atoms with Crippen molar-refractivity contribution < 1.29 is 14.1 Å². The smallest absolute Gasteiger partial charge is 0.410 e. The number of hydrogen-bond acceptors (Lipinski definition) is 5. The maximum atomic E-state index is 12.6. The molecule has 2 aliphatic heterocycles. The molecule has 4 heterocycles. The largest absolute Gasteiger partial charge is 0.444 e. The van der Waals surface area contributed by atoms with E-state index in [1.54, 1.807) is 11.2 Å². The van der Waals surface area contributed by atoms with Gasteiger partial charge >= 0.3 is 6.09 Å². The Balaban J connectivity index is 1.72. The number of carbonyl (C=O) groups is 1. The summed E-state index contributed by atoms with van der Waals surface area (Å²) in [4.78, 5) is 14.4. The SMILES string of the molecule is CC1Cc2nn3c(c2CN1C(=O)OC(C)(C)C)-c1nocc1CCC3. The topological polar surface area (TPSA) is 73.4 Å². The summed E-state index contributed by atoms with van der Waals surface area (Å²) in [6, 6.07) is 0.0540. The van der Waals surface area contributed by atoms with Gasteiger partial charge in [0.25, 0.3) is 0 Å². The lowest BCUT2D eigenvalue weighted by Gasteiger charge is -2.34. The summed E-state index contributed by atoms with van der Waals surface area (Å²) in [5.41, 5.74) is 4.59. The van der Waals surface area contributed by atoms with Crippen LogP contribution in [0, 0.1) is 0 Å². The van der Waals surface area contributed by atoms with Crippen LogP contribution in [0.25, 0.3) is 11.4 Å². The molecule has 7 nitrogen and oxygen atoms in total. The molecule has 0 radical (unpaired) electrons. The summed E-state index contributed by atoms with van der Waals surface area (Å²) in [6.45, 7) is 9.06. The number of amides is 1. The van der Waals surface area contributed by atoms with Crippen molar-refractivity contribution in [1.82, 2.24) is 19.8 Å². The summed E-state index contributed by atoms with van der Waals surface area (Å²) in [5, 5.41) is 9.02. The van der Waals surface area contributed by atoms with Gasteiger partial charge in [-0.25, -0.2) is 4.79 Å². The van der Waals surface area contributed by atoms with Gasteiger partial charge in [0, 0.05) is 30.1 Å². The number of ether oxygens (including phenoxy) is 1. The number of aromatic nitrogens is 3. The molecule has 1 unspecified atom stereocenters. The average molecular weight is 344 g/mol. The Bertz CT molecular complexity index is 815. The third-order valence-electron chi connectivity index (χ3n) is 4.79. The van der Waals surface area contributed by atoms with Crippen LogP contribution in [0.15, 0.2) is 10.8 Å². The summed E-state index contributed by atoms with van der Waals surface area (Å²) < 4.78 is 12.8. The number of aryl methyl sites for hydroxylation is 2. The van der Waals surface area contributed by atoms with Gasteiger partial charge in [-0.15, -0.1) is 0 Å². The molecule has 1 amide bonds. The second kappa shape index (κ2) is 5.61. The van der Waals surface area contributed by atoms with Crippen LogP contribution >= 0.6 is 0 Å². The number of fused-ring (bicyclic) bond motifs is 5. The predicted molar refractivity (Wildman–Crippen MR) is 91.0 cm³/mol. The van der Waals surface area contributed by atoms with E-state index in [0.717, 1.165) is 54.0 Å². The second-order valence-electron chi connectivity index (χ2n) is 7.95. The Morgan fingerprint density at radius 3 is 2.96 bits per heavy atom. The van der Waals surface area contributed by atoms with Crippen molar-refractivity contribution in [3.05, 3.63) is 23.1 Å². The third-order valence-corrected chi connectivity index (χ3v) is 4.79. The highest BCUT2D eigenvalue weighted by Crippen LogP contribution is 2.36. The standard InChI is InChI=1S/C18H24N4O3/c1-11-8-14-13(9-21(11)17(23)25-18(2,3)4)16-15-12(10-24-20-15)6-5-7-22(16)19-14/h10-11H,5-9H2,1-4H3. The molecule has 4 rings (SSSR count). The van der Waals surface area contributed by atoms with Crippen molar-refractivity contribution in [2.45, 2.75) is 71.7 Å². The van der Waals surface area contributed by atoms with E-state index in [9.17, 15) is 4.79 Å². The molecule has 0 saturated carbocycles. The molecule has 1 atom stereocenters. The minimum absolute atomic E-state index is 0.0540. The van der Waals surface area contributed by atoms with Crippen molar-refractivity contribution in [2.75, 3.05) is 0 Å². The van der Waals surface area contributed by atoms with Gasteiger partial charge in [-0.1, -0.05) is 5.16 Å². The van der Waals surface area contributed by atoms with Crippen LogP contribution in [0.5, 0.6) is 0 Å². The molecule has 0 aliphatic carbocycles. The molecule has 25 heavy (non-hydrogen) atoms. The first kappa shape index (κ1) is 16.2. The lowest BCUT2D eigenvalue weighted by Crippen LogP contribution is -2.45. The Labute approximate surface area is 146 Å². The molecule has 134 valence electrons. The van der Waals surface area contributed by atoms with Crippen molar-refractivity contribution in [3.63, 3.8) is 0 Å². The number of nitrogens with zero attached hydrogens (tertiary/aromatic N) is 4. The fraction of sp³-hybridized carbons (Fsp3) is 0.611. The molecule has 0 bridgehead atoms. The minimum atomic E-state index is -0.508. The normalized spacial score (nSPS) is 19.7. The van der Waals surface area contributed by atoms with Gasteiger partial charge in [-0.3, -0.25) is 4.68 Å². The maximum absolute atomic E-state index is 12.6. The first-order chi connectivity index (χ1) is 11.8. The van der Waals surface area contributed by atoms with E-state index >= 15 is 0 Å². The van der Waals surface area contributed by atoms with Crippen LogP contribution in [-0.2, 0) is 30.7 Å². The molecule has 0 saturated heterocycles. The zero-order valence-corrected chi connectivity index (χ0v) is 15.2. The van der Waals surface area contributed by atoms with Crippen LogP contribution in [-0.4, -0.2) is 37.6 Å². The zero-order chi connectivity index (χ0) is 17.8. The summed E-state index contributed by atoms with van der Waals surface area (Å²) >= 11 is 0. The highest BCUT2D eigenvalue weighted by molar-refractivity contribution is 5.71. The molecule has 0 spiro atoms. The van der Waals surface area contributed by atoms with Gasteiger partial charge in [0.1, 0.15) is 17.6 Å². The third kappa shape index (κ3) is 2.81. The van der Waals surface area contributed by atoms with Gasteiger partial charge in [0.2, 0.25) is 0 Å². The summed E-state index contributed by atoms with van der Waals surface area (Å²) in [6.07, 6.45) is 4.11. The molecule has 2 aromatic heterocycles. The van der Waals surface area contributed by atoms with Gasteiger partial charge in [0.15, 0.2) is 0 Å². The average Bonchev–Trinajstić information content (AvgIpc) is 3.04. The van der Waals surface area contributed by atoms with Crippen LogP contribution in [0.2, 0.25) is 0 Å². The lowest BCUT2D eigenvalue weighted by atomic mass is 9.98. The van der Waals surface area contributed by atoms with E-state index in [2.05, 4.69) is 5.16 Å². The van der Waals surface area contributed by atoms with Crippen molar-refractivity contribution >= 4 is 6.09 Å². The molecule has 0 fully saturated rings. The van der Waals surface area contributed by atoms with E-state index in [0.29, 0.717) is 6.54 Å². The van der Waals surface area contributed by atoms with E-state index in [-0.39, 0.29) is 12.1 Å². The van der Waals surface area contributed by atoms with E-state index in [4.69, 9.17) is 14.4 Å². The number of hydrogen-bond donors (Lipinski definition) is 0. The summed E-state index contributed by atoms with van der Waals surface area (Å²) in [5.74, 6) is 0. The highest BCUT2D eigenvalue weighted by atomic mass is 16.6. The van der Waals surface area contributed by atoms with Crippen molar-refractivity contribution in [1.29, 1.82) is 0 Å².